The second-order valence-corrected chi connectivity index (χ2v) is 5.20. The first-order chi connectivity index (χ1) is 9.11. The van der Waals surface area contributed by atoms with Crippen molar-refractivity contribution in [3.05, 3.63) is 63.9 Å². The maximum atomic E-state index is 13.1. The average molecular weight is 344 g/mol. The number of para-hydroxylation sites is 1. The molecule has 19 heavy (non-hydrogen) atoms. The summed E-state index contributed by atoms with van der Waals surface area (Å²) in [5.74, 6) is 0.447. The Morgan fingerprint density at radius 1 is 1.26 bits per heavy atom. The van der Waals surface area contributed by atoms with Crippen molar-refractivity contribution in [2.24, 2.45) is 0 Å². The van der Waals surface area contributed by atoms with Gasteiger partial charge in [-0.3, -0.25) is 0 Å². The summed E-state index contributed by atoms with van der Waals surface area (Å²) in [6.45, 7) is 2.37. The first kappa shape index (κ1) is 14.4. The van der Waals surface area contributed by atoms with Crippen LogP contribution >= 0.6 is 27.5 Å². The average Bonchev–Trinajstić information content (AvgIpc) is 2.41. The van der Waals surface area contributed by atoms with E-state index >= 15 is 0 Å². The summed E-state index contributed by atoms with van der Waals surface area (Å²) in [5.41, 5.74) is 3.01. The first-order valence-electron chi connectivity index (χ1n) is 5.83. The molecule has 0 fully saturated rings. The number of rotatable bonds is 4. The van der Waals surface area contributed by atoms with Crippen LogP contribution < -0.4 is 4.74 Å². The first-order valence-corrected chi connectivity index (χ1v) is 7.33. The molecular weight excluding hydrogens is 331 g/mol. The van der Waals surface area contributed by atoms with E-state index in [0.29, 0.717) is 6.61 Å². The number of aryl methyl sites for hydroxylation is 1. The van der Waals surface area contributed by atoms with Crippen LogP contribution in [0.25, 0.3) is 0 Å². The summed E-state index contributed by atoms with van der Waals surface area (Å²) < 4.78 is 18.9. The number of ether oxygens (including phenoxy) is 1. The molecule has 0 N–H and O–H groups in total. The number of halogens is 3. The molecule has 2 rings (SSSR count). The summed E-state index contributed by atoms with van der Waals surface area (Å²) in [7, 11) is 0. The highest BCUT2D eigenvalue weighted by atomic mass is 79.9. The monoisotopic (exact) mass is 342 g/mol. The zero-order valence-corrected chi connectivity index (χ0v) is 12.8. The van der Waals surface area contributed by atoms with E-state index in [0.717, 1.165) is 27.8 Å². The predicted molar refractivity (Wildman–Crippen MR) is 79.6 cm³/mol. The standard InChI is InChI=1S/C15H13BrClFO/c1-10-3-2-4-12(8-16)15(10)19-9-11-5-6-14(18)13(17)7-11/h2-7H,8-9H2,1H3. The Morgan fingerprint density at radius 3 is 2.74 bits per heavy atom. The van der Waals surface area contributed by atoms with Crippen molar-refractivity contribution in [1.29, 1.82) is 0 Å². The van der Waals surface area contributed by atoms with Crippen LogP contribution in [-0.2, 0) is 11.9 Å². The highest BCUT2D eigenvalue weighted by Gasteiger charge is 2.07. The molecule has 4 heteroatoms. The fourth-order valence-corrected chi connectivity index (χ4v) is 2.45. The molecule has 0 aliphatic carbocycles. The Kier molecular flexibility index (Phi) is 4.83. The summed E-state index contributed by atoms with van der Waals surface area (Å²) >= 11 is 9.19. The summed E-state index contributed by atoms with van der Waals surface area (Å²) in [6.07, 6.45) is 0. The number of alkyl halides is 1. The second-order valence-electron chi connectivity index (χ2n) is 4.23. The lowest BCUT2D eigenvalue weighted by Gasteiger charge is -2.13. The van der Waals surface area contributed by atoms with E-state index in [1.54, 1.807) is 12.1 Å². The van der Waals surface area contributed by atoms with Gasteiger partial charge in [0, 0.05) is 10.9 Å². The van der Waals surface area contributed by atoms with Gasteiger partial charge in [0.2, 0.25) is 0 Å². The highest BCUT2D eigenvalue weighted by molar-refractivity contribution is 9.08. The van der Waals surface area contributed by atoms with Crippen molar-refractivity contribution in [3.8, 4) is 5.75 Å². The van der Waals surface area contributed by atoms with Crippen molar-refractivity contribution in [3.63, 3.8) is 0 Å². The molecule has 2 aromatic carbocycles. The molecule has 0 amide bonds. The Hall–Kier alpha value is -1.06. The van der Waals surface area contributed by atoms with Gasteiger partial charge in [-0.05, 0) is 30.2 Å². The lowest BCUT2D eigenvalue weighted by atomic mass is 10.1. The molecule has 0 atom stereocenters. The molecule has 0 saturated carbocycles. The Balaban J connectivity index is 2.16. The van der Waals surface area contributed by atoms with E-state index in [4.69, 9.17) is 16.3 Å². The lowest BCUT2D eigenvalue weighted by molar-refractivity contribution is 0.301. The largest absolute Gasteiger partial charge is 0.488 e. The topological polar surface area (TPSA) is 9.23 Å². The quantitative estimate of drug-likeness (QED) is 0.688. The molecule has 0 spiro atoms. The van der Waals surface area contributed by atoms with E-state index in [9.17, 15) is 4.39 Å². The van der Waals surface area contributed by atoms with Gasteiger partial charge in [0.05, 0.1) is 5.02 Å². The van der Waals surface area contributed by atoms with E-state index in [1.807, 2.05) is 25.1 Å². The maximum absolute atomic E-state index is 13.1. The van der Waals surface area contributed by atoms with E-state index in [1.165, 1.54) is 6.07 Å². The van der Waals surface area contributed by atoms with Gasteiger partial charge in [0.15, 0.2) is 0 Å². The van der Waals surface area contributed by atoms with Crippen molar-refractivity contribution >= 4 is 27.5 Å². The van der Waals surface area contributed by atoms with Crippen LogP contribution in [0.5, 0.6) is 5.75 Å². The lowest BCUT2D eigenvalue weighted by Crippen LogP contribution is -2.00. The number of benzene rings is 2. The minimum Gasteiger partial charge on any atom is -0.488 e. The molecule has 0 saturated heterocycles. The van der Waals surface area contributed by atoms with Gasteiger partial charge in [0.25, 0.3) is 0 Å². The number of hydrogen-bond acceptors (Lipinski definition) is 1. The molecule has 100 valence electrons. The Morgan fingerprint density at radius 2 is 2.05 bits per heavy atom. The van der Waals surface area contributed by atoms with Crippen LogP contribution in [0.1, 0.15) is 16.7 Å². The van der Waals surface area contributed by atoms with Crippen LogP contribution in [0.4, 0.5) is 4.39 Å². The van der Waals surface area contributed by atoms with Gasteiger partial charge in [-0.2, -0.15) is 0 Å². The van der Waals surface area contributed by atoms with Gasteiger partial charge in [-0.25, -0.2) is 4.39 Å². The molecule has 1 nitrogen and oxygen atoms in total. The zero-order chi connectivity index (χ0) is 13.8. The summed E-state index contributed by atoms with van der Waals surface area (Å²) in [6, 6.07) is 10.6. The van der Waals surface area contributed by atoms with Gasteiger partial charge >= 0.3 is 0 Å². The summed E-state index contributed by atoms with van der Waals surface area (Å²) in [4.78, 5) is 0. The molecule has 0 aromatic heterocycles. The van der Waals surface area contributed by atoms with Crippen molar-refractivity contribution < 1.29 is 9.13 Å². The van der Waals surface area contributed by atoms with Gasteiger partial charge in [-0.1, -0.05) is 51.8 Å². The van der Waals surface area contributed by atoms with Crippen LogP contribution in [0, 0.1) is 12.7 Å². The predicted octanol–water partition coefficient (Wildman–Crippen LogP) is 5.26. The van der Waals surface area contributed by atoms with Gasteiger partial charge < -0.3 is 4.74 Å². The maximum Gasteiger partial charge on any atom is 0.141 e. The fourth-order valence-electron chi connectivity index (χ4n) is 1.81. The van der Waals surface area contributed by atoms with Gasteiger partial charge in [-0.15, -0.1) is 0 Å². The van der Waals surface area contributed by atoms with Crippen LogP contribution in [0.2, 0.25) is 5.02 Å². The molecular formula is C15H13BrClFO. The van der Waals surface area contributed by atoms with Crippen LogP contribution in [0.15, 0.2) is 36.4 Å². The molecule has 2 aromatic rings. The second kappa shape index (κ2) is 6.40. The third kappa shape index (κ3) is 3.48. The summed E-state index contributed by atoms with van der Waals surface area (Å²) in [5, 5.41) is 0.848. The molecule has 0 radical (unpaired) electrons. The molecule has 0 aliphatic rings. The SMILES string of the molecule is Cc1cccc(CBr)c1OCc1ccc(F)c(Cl)c1. The Labute approximate surface area is 125 Å². The van der Waals surface area contributed by atoms with Crippen LogP contribution in [0.3, 0.4) is 0 Å². The molecule has 0 unspecified atom stereocenters. The van der Waals surface area contributed by atoms with Crippen LogP contribution in [-0.4, -0.2) is 0 Å². The normalized spacial score (nSPS) is 10.5. The minimum absolute atomic E-state index is 0.117. The molecule has 0 aliphatic heterocycles. The Bertz CT molecular complexity index is 586. The van der Waals surface area contributed by atoms with Gasteiger partial charge in [0.1, 0.15) is 18.2 Å². The molecule has 0 heterocycles. The number of hydrogen-bond donors (Lipinski definition) is 0. The van der Waals surface area contributed by atoms with E-state index in [2.05, 4.69) is 15.9 Å². The fraction of sp³-hybridized carbons (Fsp3) is 0.200. The highest BCUT2D eigenvalue weighted by Crippen LogP contribution is 2.26. The van der Waals surface area contributed by atoms with E-state index in [-0.39, 0.29) is 5.02 Å². The zero-order valence-electron chi connectivity index (χ0n) is 10.4. The van der Waals surface area contributed by atoms with Crippen molar-refractivity contribution in [1.82, 2.24) is 0 Å². The minimum atomic E-state index is -0.414. The van der Waals surface area contributed by atoms with Crippen molar-refractivity contribution in [2.45, 2.75) is 18.9 Å². The molecule has 0 bridgehead atoms. The van der Waals surface area contributed by atoms with E-state index < -0.39 is 5.82 Å². The third-order valence-electron chi connectivity index (χ3n) is 2.80. The smallest absolute Gasteiger partial charge is 0.141 e. The van der Waals surface area contributed by atoms with Crippen molar-refractivity contribution in [2.75, 3.05) is 0 Å². The third-order valence-corrected chi connectivity index (χ3v) is 3.70.